The van der Waals surface area contributed by atoms with Crippen LogP contribution >= 0.6 is 0 Å². The summed E-state index contributed by atoms with van der Waals surface area (Å²) >= 11 is 0. The molecule has 0 radical (unpaired) electrons. The van der Waals surface area contributed by atoms with E-state index < -0.39 is 11.4 Å². The number of nitrogens with two attached hydrogens (primary N) is 2. The van der Waals surface area contributed by atoms with Gasteiger partial charge in [-0.2, -0.15) is 0 Å². The summed E-state index contributed by atoms with van der Waals surface area (Å²) in [7, 11) is 0. The fourth-order valence-corrected chi connectivity index (χ4v) is 1.86. The first kappa shape index (κ1) is 15.0. The number of benzene rings is 1. The number of ether oxygens (including phenoxy) is 1. The van der Waals surface area contributed by atoms with Crippen LogP contribution in [0.15, 0.2) is 48.8 Å². The predicted octanol–water partition coefficient (Wildman–Crippen LogP) is 1.41. The zero-order valence-electron chi connectivity index (χ0n) is 12.0. The third-order valence-electron chi connectivity index (χ3n) is 3.19. The van der Waals surface area contributed by atoms with Gasteiger partial charge >= 0.3 is 0 Å². The first-order chi connectivity index (χ1) is 9.97. The number of hydrogen-bond donors (Lipinski definition) is 2. The Morgan fingerprint density at radius 2 is 1.95 bits per heavy atom. The fourth-order valence-electron chi connectivity index (χ4n) is 1.86. The van der Waals surface area contributed by atoms with E-state index in [4.69, 9.17) is 16.2 Å². The number of carbonyl (C=O) groups is 1. The molecule has 1 amide bonds. The molecular formula is C16H19N3O2. The first-order valence-corrected chi connectivity index (χ1v) is 6.67. The largest absolute Gasteiger partial charge is 0.489 e. The lowest BCUT2D eigenvalue weighted by Gasteiger charge is -2.20. The fraction of sp³-hybridized carbons (Fsp3) is 0.250. The number of nitrogens with zero attached hydrogens (tertiary/aromatic N) is 1. The topological polar surface area (TPSA) is 91.2 Å². The van der Waals surface area contributed by atoms with Crippen LogP contribution in [-0.4, -0.2) is 16.4 Å². The summed E-state index contributed by atoms with van der Waals surface area (Å²) in [6.45, 7) is 2.09. The predicted molar refractivity (Wildman–Crippen MR) is 80.5 cm³/mol. The molecule has 1 unspecified atom stereocenters. The minimum absolute atomic E-state index is 0.394. The molecule has 5 nitrogen and oxygen atoms in total. The van der Waals surface area contributed by atoms with Gasteiger partial charge in [-0.05, 0) is 37.1 Å². The van der Waals surface area contributed by atoms with E-state index in [0.717, 1.165) is 16.9 Å². The maximum atomic E-state index is 11.2. The number of amides is 1. The molecule has 21 heavy (non-hydrogen) atoms. The summed E-state index contributed by atoms with van der Waals surface area (Å²) in [6.07, 6.45) is 3.88. The van der Waals surface area contributed by atoms with Crippen LogP contribution in [0.3, 0.4) is 0 Å². The molecule has 0 saturated carbocycles. The van der Waals surface area contributed by atoms with Gasteiger partial charge in [-0.3, -0.25) is 9.78 Å². The SMILES string of the molecule is CC(N)(Cc1ccc(OCc2cccnc2)cc1)C(N)=O. The van der Waals surface area contributed by atoms with Crippen molar-refractivity contribution in [1.29, 1.82) is 0 Å². The Bertz CT molecular complexity index is 595. The number of rotatable bonds is 6. The van der Waals surface area contributed by atoms with Crippen LogP contribution in [0.25, 0.3) is 0 Å². The van der Waals surface area contributed by atoms with Crippen molar-refractivity contribution in [2.75, 3.05) is 0 Å². The third kappa shape index (κ3) is 4.29. The minimum atomic E-state index is -1.04. The van der Waals surface area contributed by atoms with Crippen LogP contribution in [0.2, 0.25) is 0 Å². The monoisotopic (exact) mass is 285 g/mol. The number of carbonyl (C=O) groups excluding carboxylic acids is 1. The standard InChI is InChI=1S/C16H19N3O2/c1-16(18,15(17)20)9-12-4-6-14(7-5-12)21-11-13-3-2-8-19-10-13/h2-8,10H,9,11,18H2,1H3,(H2,17,20). The molecule has 1 atom stereocenters. The zero-order chi connectivity index (χ0) is 15.3. The van der Waals surface area contributed by atoms with Crippen LogP contribution in [-0.2, 0) is 17.8 Å². The highest BCUT2D eigenvalue weighted by Gasteiger charge is 2.25. The molecule has 0 saturated heterocycles. The van der Waals surface area contributed by atoms with Crippen molar-refractivity contribution >= 4 is 5.91 Å². The van der Waals surface area contributed by atoms with Crippen LogP contribution < -0.4 is 16.2 Å². The van der Waals surface area contributed by atoms with Crippen molar-refractivity contribution in [3.63, 3.8) is 0 Å². The summed E-state index contributed by atoms with van der Waals surface area (Å²) in [4.78, 5) is 15.2. The molecule has 0 bridgehead atoms. The summed E-state index contributed by atoms with van der Waals surface area (Å²) in [5.74, 6) is 0.236. The number of primary amides is 1. The quantitative estimate of drug-likeness (QED) is 0.839. The summed E-state index contributed by atoms with van der Waals surface area (Å²) < 4.78 is 5.66. The van der Waals surface area contributed by atoms with Gasteiger partial charge in [-0.25, -0.2) is 0 Å². The number of aromatic nitrogens is 1. The van der Waals surface area contributed by atoms with Gasteiger partial charge in [0.15, 0.2) is 0 Å². The van der Waals surface area contributed by atoms with E-state index in [2.05, 4.69) is 4.98 Å². The lowest BCUT2D eigenvalue weighted by Crippen LogP contribution is -2.51. The Morgan fingerprint density at radius 3 is 2.52 bits per heavy atom. The molecule has 0 aliphatic carbocycles. The van der Waals surface area contributed by atoms with Crippen molar-refractivity contribution in [1.82, 2.24) is 4.98 Å². The highest BCUT2D eigenvalue weighted by atomic mass is 16.5. The van der Waals surface area contributed by atoms with E-state index in [1.54, 1.807) is 19.3 Å². The molecule has 1 aromatic heterocycles. The maximum absolute atomic E-state index is 11.2. The summed E-state index contributed by atoms with van der Waals surface area (Å²) in [5, 5.41) is 0. The summed E-state index contributed by atoms with van der Waals surface area (Å²) in [6, 6.07) is 11.3. The van der Waals surface area contributed by atoms with Gasteiger partial charge in [0.1, 0.15) is 12.4 Å². The first-order valence-electron chi connectivity index (χ1n) is 6.67. The van der Waals surface area contributed by atoms with Crippen molar-refractivity contribution in [3.05, 3.63) is 59.9 Å². The molecule has 0 aliphatic heterocycles. The number of hydrogen-bond acceptors (Lipinski definition) is 4. The molecule has 1 heterocycles. The van der Waals surface area contributed by atoms with Crippen LogP contribution in [0.5, 0.6) is 5.75 Å². The van der Waals surface area contributed by atoms with E-state index in [0.29, 0.717) is 13.0 Å². The van der Waals surface area contributed by atoms with Crippen molar-refractivity contribution in [2.45, 2.75) is 25.5 Å². The highest BCUT2D eigenvalue weighted by molar-refractivity contribution is 5.84. The molecule has 4 N–H and O–H groups in total. The molecule has 2 rings (SSSR count). The Labute approximate surface area is 123 Å². The Morgan fingerprint density at radius 1 is 1.24 bits per heavy atom. The molecule has 0 spiro atoms. The Hall–Kier alpha value is -2.40. The average molecular weight is 285 g/mol. The normalized spacial score (nSPS) is 13.4. The van der Waals surface area contributed by atoms with Crippen molar-refractivity contribution in [2.24, 2.45) is 11.5 Å². The van der Waals surface area contributed by atoms with Gasteiger partial charge in [-0.1, -0.05) is 18.2 Å². The molecular weight excluding hydrogens is 266 g/mol. The molecule has 5 heteroatoms. The van der Waals surface area contributed by atoms with Crippen molar-refractivity contribution < 1.29 is 9.53 Å². The van der Waals surface area contributed by atoms with Gasteiger partial charge in [0, 0.05) is 18.0 Å². The second-order valence-electron chi connectivity index (χ2n) is 5.25. The Balaban J connectivity index is 1.95. The number of pyridine rings is 1. The summed E-state index contributed by atoms with van der Waals surface area (Å²) in [5.41, 5.74) is 12.0. The zero-order valence-corrected chi connectivity index (χ0v) is 12.0. The molecule has 110 valence electrons. The van der Waals surface area contributed by atoms with Gasteiger partial charge in [0.05, 0.1) is 5.54 Å². The van der Waals surface area contributed by atoms with E-state index in [9.17, 15) is 4.79 Å². The smallest absolute Gasteiger partial charge is 0.237 e. The minimum Gasteiger partial charge on any atom is -0.489 e. The molecule has 1 aromatic carbocycles. The van der Waals surface area contributed by atoms with E-state index >= 15 is 0 Å². The second-order valence-corrected chi connectivity index (χ2v) is 5.25. The van der Waals surface area contributed by atoms with Crippen LogP contribution in [0.1, 0.15) is 18.1 Å². The lowest BCUT2D eigenvalue weighted by atomic mass is 9.93. The molecule has 0 aliphatic rings. The van der Waals surface area contributed by atoms with E-state index in [1.165, 1.54) is 0 Å². The van der Waals surface area contributed by atoms with Gasteiger partial charge in [0.2, 0.25) is 5.91 Å². The van der Waals surface area contributed by atoms with Gasteiger partial charge < -0.3 is 16.2 Å². The highest BCUT2D eigenvalue weighted by Crippen LogP contribution is 2.17. The van der Waals surface area contributed by atoms with E-state index in [-0.39, 0.29) is 0 Å². The average Bonchev–Trinajstić information content (AvgIpc) is 2.47. The lowest BCUT2D eigenvalue weighted by molar-refractivity contribution is -0.122. The van der Waals surface area contributed by atoms with E-state index in [1.807, 2.05) is 36.4 Å². The van der Waals surface area contributed by atoms with Crippen LogP contribution in [0.4, 0.5) is 0 Å². The maximum Gasteiger partial charge on any atom is 0.237 e. The molecule has 0 fully saturated rings. The Kier molecular flexibility index (Phi) is 4.55. The second kappa shape index (κ2) is 6.37. The van der Waals surface area contributed by atoms with Gasteiger partial charge in [0.25, 0.3) is 0 Å². The van der Waals surface area contributed by atoms with Gasteiger partial charge in [-0.15, -0.1) is 0 Å². The molecule has 2 aromatic rings. The van der Waals surface area contributed by atoms with Crippen LogP contribution in [0, 0.1) is 0 Å². The van der Waals surface area contributed by atoms with Crippen molar-refractivity contribution in [3.8, 4) is 5.75 Å². The third-order valence-corrected chi connectivity index (χ3v) is 3.19.